The predicted molar refractivity (Wildman–Crippen MR) is 42.7 cm³/mol. The van der Waals surface area contributed by atoms with E-state index in [0.717, 1.165) is 27.7 Å². The fraction of sp³-hybridized carbons (Fsp3) is 0.500. The Morgan fingerprint density at radius 3 is 0.450 bits per heavy atom. The summed E-state index contributed by atoms with van der Waals surface area (Å²) in [5.74, 6) is -4.33. The molecule has 12 heteroatoms. The van der Waals surface area contributed by atoms with E-state index in [2.05, 4.69) is 0 Å². The third-order valence-electron chi connectivity index (χ3n) is 0. The molecule has 0 saturated carbocycles. The molecule has 0 aromatic rings. The first-order valence-corrected chi connectivity index (χ1v) is 3.63. The van der Waals surface area contributed by atoms with Crippen LogP contribution in [0.3, 0.4) is 0 Å². The summed E-state index contributed by atoms with van der Waals surface area (Å²) < 4.78 is 0. The van der Waals surface area contributed by atoms with E-state index in [1.807, 2.05) is 0 Å². The second-order valence-corrected chi connectivity index (χ2v) is 1.97. The third-order valence-corrected chi connectivity index (χ3v) is 0. The van der Waals surface area contributed by atoms with Crippen molar-refractivity contribution in [3.63, 3.8) is 0 Å². The van der Waals surface area contributed by atoms with Gasteiger partial charge in [-0.15, -0.1) is 0 Å². The summed E-state index contributed by atoms with van der Waals surface area (Å²) in [6, 6.07) is 0. The first kappa shape index (κ1) is 49.5. The molecule has 0 amide bonds. The third kappa shape index (κ3) is 2000. The minimum atomic E-state index is -1.08. The van der Waals surface area contributed by atoms with Crippen LogP contribution in [0.4, 0.5) is 0 Å². The first-order valence-electron chi connectivity index (χ1n) is 3.63. The van der Waals surface area contributed by atoms with Crippen LogP contribution in [0.2, 0.25) is 0 Å². The van der Waals surface area contributed by atoms with E-state index in [-0.39, 0.29) is 118 Å². The largest absolute Gasteiger partial charge is 1.00 e. The Labute approximate surface area is 206 Å². The smallest absolute Gasteiger partial charge is 0.550 e. The molecule has 0 unspecified atom stereocenters. The Morgan fingerprint density at radius 1 is 0.450 bits per heavy atom. The minimum absolute atomic E-state index is 0. The summed E-state index contributed by atoms with van der Waals surface area (Å²) in [6.07, 6.45) is 0. The zero-order valence-corrected chi connectivity index (χ0v) is 21.3. The van der Waals surface area contributed by atoms with E-state index in [0.29, 0.717) is 0 Å². The summed E-state index contributed by atoms with van der Waals surface area (Å²) in [4.78, 5) is 35.6. The van der Waals surface area contributed by atoms with Gasteiger partial charge in [-0.1, -0.05) is 0 Å². The van der Waals surface area contributed by atoms with E-state index in [1.165, 1.54) is 0 Å². The zero-order chi connectivity index (χ0) is 14.3. The van der Waals surface area contributed by atoms with Crippen LogP contribution < -0.4 is 139 Å². The molecule has 0 spiro atoms. The van der Waals surface area contributed by atoms with Gasteiger partial charge in [0.15, 0.2) is 0 Å². The van der Waals surface area contributed by atoms with Gasteiger partial charge >= 0.3 is 118 Å². The van der Waals surface area contributed by atoms with Crippen molar-refractivity contribution >= 4 is 23.9 Å². The number of aliphatic carboxylic acids is 4. The number of hydrogen-bond donors (Lipinski definition) is 0. The van der Waals surface area contributed by atoms with E-state index in [4.69, 9.17) is 39.6 Å². The topological polar surface area (TPSA) is 161 Å². The van der Waals surface area contributed by atoms with Crippen molar-refractivity contribution in [2.45, 2.75) is 27.7 Å². The van der Waals surface area contributed by atoms with E-state index in [1.54, 1.807) is 0 Å². The molecule has 0 aliphatic carbocycles. The Kier molecular flexibility index (Phi) is 106. The summed E-state index contributed by atoms with van der Waals surface area (Å²) in [6.45, 7) is 3.89. The number of carbonyl (C=O) groups is 4. The average Bonchev–Trinajstić information content (AvgIpc) is 1.76. The number of hydrogen-bond acceptors (Lipinski definition) is 8. The fourth-order valence-electron chi connectivity index (χ4n) is 0. The van der Waals surface area contributed by atoms with Crippen LogP contribution in [0.5, 0.6) is 0 Å². The van der Waals surface area contributed by atoms with Gasteiger partial charge in [-0.05, 0) is 27.7 Å². The predicted octanol–water partition coefficient (Wildman–Crippen LogP) is -17.0. The van der Waals surface area contributed by atoms with E-state index in [9.17, 15) is 0 Å². The standard InChI is InChI=1S/4C2H4O2.4Na/c4*1-2(3)4;;;;/h4*1H3,(H,3,4);;;;/q;;;;4*+1/p-4. The number of rotatable bonds is 0. The van der Waals surface area contributed by atoms with Crippen molar-refractivity contribution in [2.24, 2.45) is 0 Å². The Hall–Kier alpha value is 1.88. The molecule has 0 aromatic heterocycles. The molecular weight excluding hydrogens is 316 g/mol. The number of carboxylic acids is 4. The van der Waals surface area contributed by atoms with Gasteiger partial charge in [-0.3, -0.25) is 0 Å². The van der Waals surface area contributed by atoms with Gasteiger partial charge in [0.05, 0.1) is 0 Å². The van der Waals surface area contributed by atoms with Crippen LogP contribution in [0.1, 0.15) is 27.7 Å². The van der Waals surface area contributed by atoms with Crippen molar-refractivity contribution in [3.05, 3.63) is 0 Å². The van der Waals surface area contributed by atoms with Crippen molar-refractivity contribution in [1.82, 2.24) is 0 Å². The second kappa shape index (κ2) is 42.8. The van der Waals surface area contributed by atoms with Crippen LogP contribution in [0, 0.1) is 0 Å². The quantitative estimate of drug-likeness (QED) is 0.396. The van der Waals surface area contributed by atoms with Gasteiger partial charge in [0, 0.05) is 23.9 Å². The molecule has 0 aromatic carbocycles. The number of carbonyl (C=O) groups excluding carboxylic acids is 4. The first-order chi connectivity index (χ1) is 6.93. The van der Waals surface area contributed by atoms with Crippen LogP contribution in [-0.2, 0) is 19.2 Å². The zero-order valence-electron chi connectivity index (χ0n) is 13.3. The normalized spacial score (nSPS) is 5.00. The fourth-order valence-corrected chi connectivity index (χ4v) is 0. The Balaban J connectivity index is -0.0000000150. The monoisotopic (exact) mass is 328 g/mol. The van der Waals surface area contributed by atoms with E-state index >= 15 is 0 Å². The molecule has 0 bridgehead atoms. The van der Waals surface area contributed by atoms with Crippen molar-refractivity contribution < 1.29 is 158 Å². The second-order valence-electron chi connectivity index (χ2n) is 1.97. The van der Waals surface area contributed by atoms with Gasteiger partial charge in [0.2, 0.25) is 0 Å². The maximum absolute atomic E-state index is 8.89. The van der Waals surface area contributed by atoms with Crippen LogP contribution in [-0.4, -0.2) is 23.9 Å². The molecule has 20 heavy (non-hydrogen) atoms. The summed E-state index contributed by atoms with van der Waals surface area (Å²) in [5.41, 5.74) is 0. The van der Waals surface area contributed by atoms with Gasteiger partial charge in [-0.2, -0.15) is 0 Å². The molecular formula is C8H12Na4O8. The van der Waals surface area contributed by atoms with Crippen LogP contribution in [0.25, 0.3) is 0 Å². The number of carboxylic acid groups (broad SMARTS) is 4. The Bertz CT molecular complexity index is 171. The van der Waals surface area contributed by atoms with Crippen molar-refractivity contribution in [3.8, 4) is 0 Å². The molecule has 0 saturated heterocycles. The maximum Gasteiger partial charge on any atom is 1.00 e. The van der Waals surface area contributed by atoms with Gasteiger partial charge in [0.1, 0.15) is 0 Å². The van der Waals surface area contributed by atoms with Gasteiger partial charge < -0.3 is 39.6 Å². The minimum Gasteiger partial charge on any atom is -0.550 e. The maximum atomic E-state index is 8.89. The van der Waals surface area contributed by atoms with Crippen molar-refractivity contribution in [2.75, 3.05) is 0 Å². The molecule has 0 fully saturated rings. The summed E-state index contributed by atoms with van der Waals surface area (Å²) in [7, 11) is 0. The molecule has 0 radical (unpaired) electrons. The van der Waals surface area contributed by atoms with Crippen LogP contribution >= 0.6 is 0 Å². The molecule has 8 nitrogen and oxygen atoms in total. The molecule has 0 rings (SSSR count). The van der Waals surface area contributed by atoms with E-state index < -0.39 is 23.9 Å². The molecule has 0 N–H and O–H groups in total. The molecule has 0 aliphatic rings. The molecule has 96 valence electrons. The Morgan fingerprint density at radius 2 is 0.450 bits per heavy atom. The summed E-state index contributed by atoms with van der Waals surface area (Å²) in [5, 5.41) is 35.6. The van der Waals surface area contributed by atoms with Gasteiger partial charge in [-0.25, -0.2) is 0 Å². The molecule has 0 heterocycles. The summed E-state index contributed by atoms with van der Waals surface area (Å²) >= 11 is 0. The van der Waals surface area contributed by atoms with Gasteiger partial charge in [0.25, 0.3) is 0 Å². The van der Waals surface area contributed by atoms with Crippen LogP contribution in [0.15, 0.2) is 0 Å². The SMILES string of the molecule is CC(=O)[O-].CC(=O)[O-].CC(=O)[O-].CC(=O)[O-].[Na+].[Na+].[Na+].[Na+]. The molecule has 0 atom stereocenters. The molecule has 0 aliphatic heterocycles. The average molecular weight is 328 g/mol. The van der Waals surface area contributed by atoms with Crippen molar-refractivity contribution in [1.29, 1.82) is 0 Å².